The predicted octanol–water partition coefficient (Wildman–Crippen LogP) is 3.01. The van der Waals surface area contributed by atoms with Crippen LogP contribution in [0, 0.1) is 6.92 Å². The molecule has 0 unspecified atom stereocenters. The first-order valence-electron chi connectivity index (χ1n) is 4.68. The van der Waals surface area contributed by atoms with Gasteiger partial charge in [0, 0.05) is 4.47 Å². The molecule has 0 aliphatic carbocycles. The zero-order chi connectivity index (χ0) is 12.5. The first kappa shape index (κ1) is 12.5. The molecule has 7 heteroatoms. The average Bonchev–Trinajstić information content (AvgIpc) is 2.77. The topological polar surface area (TPSA) is 59.1 Å². The molecule has 0 atom stereocenters. The Morgan fingerprint density at radius 3 is 2.71 bits per heavy atom. The summed E-state index contributed by atoms with van der Waals surface area (Å²) in [5, 5.41) is 1.72. The minimum Gasteiger partial charge on any atom is -0.263 e. The smallest absolute Gasteiger partial charge is 0.263 e. The molecule has 2 rings (SSSR count). The van der Waals surface area contributed by atoms with Gasteiger partial charge in [0.2, 0.25) is 0 Å². The number of hydrogen-bond donors (Lipinski definition) is 1. The highest BCUT2D eigenvalue weighted by Gasteiger charge is 2.15. The van der Waals surface area contributed by atoms with Crippen molar-refractivity contribution in [3.8, 4) is 0 Å². The largest absolute Gasteiger partial charge is 0.272 e. The van der Waals surface area contributed by atoms with Crippen LogP contribution in [0.4, 0.5) is 5.82 Å². The van der Waals surface area contributed by atoms with Gasteiger partial charge in [-0.1, -0.05) is 6.07 Å². The summed E-state index contributed by atoms with van der Waals surface area (Å²) >= 11 is 4.48. The maximum Gasteiger partial charge on any atom is 0.272 e. The van der Waals surface area contributed by atoms with Crippen LogP contribution >= 0.6 is 27.3 Å². The lowest BCUT2D eigenvalue weighted by Crippen LogP contribution is -2.12. The van der Waals surface area contributed by atoms with Crippen molar-refractivity contribution in [3.05, 3.63) is 39.8 Å². The highest BCUT2D eigenvalue weighted by molar-refractivity contribution is 9.10. The number of hydrogen-bond acceptors (Lipinski definition) is 4. The zero-order valence-corrected chi connectivity index (χ0v) is 12.1. The maximum atomic E-state index is 11.9. The Labute approximate surface area is 112 Å². The van der Waals surface area contributed by atoms with Gasteiger partial charge in [0.25, 0.3) is 10.0 Å². The van der Waals surface area contributed by atoms with Crippen molar-refractivity contribution in [3.63, 3.8) is 0 Å². The molecule has 2 aromatic rings. The molecule has 0 aliphatic heterocycles. The predicted molar refractivity (Wildman–Crippen MR) is 71.8 cm³/mol. The molecule has 2 heterocycles. The van der Waals surface area contributed by atoms with Crippen LogP contribution in [-0.2, 0) is 10.0 Å². The second-order valence-corrected chi connectivity index (χ2v) is 7.01. The van der Waals surface area contributed by atoms with E-state index in [9.17, 15) is 8.42 Å². The highest BCUT2D eigenvalue weighted by Crippen LogP contribution is 2.21. The number of nitrogens with zero attached hydrogens (tertiary/aromatic N) is 1. The molecule has 0 saturated heterocycles. The van der Waals surface area contributed by atoms with Gasteiger partial charge in [-0.25, -0.2) is 13.4 Å². The molecule has 1 N–H and O–H groups in total. The van der Waals surface area contributed by atoms with Crippen molar-refractivity contribution in [2.24, 2.45) is 0 Å². The number of sulfonamides is 1. The zero-order valence-electron chi connectivity index (χ0n) is 8.84. The first-order chi connectivity index (χ1) is 7.99. The Bertz CT molecular complexity index is 624. The van der Waals surface area contributed by atoms with Crippen LogP contribution in [0.15, 0.2) is 38.3 Å². The standard InChI is InChI=1S/C10H9BrN2O2S2/c1-7-8(11)4-5-9(12-7)13-17(14,15)10-3-2-6-16-10/h2-6H,1H3,(H,12,13). The van der Waals surface area contributed by atoms with Crippen LogP contribution in [0.2, 0.25) is 0 Å². The number of aryl methyl sites for hydroxylation is 1. The summed E-state index contributed by atoms with van der Waals surface area (Å²) in [6.07, 6.45) is 0. The van der Waals surface area contributed by atoms with Crippen LogP contribution in [0.5, 0.6) is 0 Å². The molecular weight excluding hydrogens is 324 g/mol. The van der Waals surface area contributed by atoms with E-state index in [1.165, 1.54) is 11.3 Å². The molecule has 0 aliphatic rings. The number of aromatic nitrogens is 1. The van der Waals surface area contributed by atoms with Gasteiger partial charge in [-0.15, -0.1) is 11.3 Å². The van der Waals surface area contributed by atoms with Crippen LogP contribution in [-0.4, -0.2) is 13.4 Å². The van der Waals surface area contributed by atoms with Gasteiger partial charge < -0.3 is 0 Å². The van der Waals surface area contributed by atoms with Crippen LogP contribution in [0.1, 0.15) is 5.69 Å². The number of rotatable bonds is 3. The van der Waals surface area contributed by atoms with Crippen molar-refractivity contribution in [1.82, 2.24) is 4.98 Å². The van der Waals surface area contributed by atoms with Gasteiger partial charge in [0.15, 0.2) is 0 Å². The molecular formula is C10H9BrN2O2S2. The normalized spacial score (nSPS) is 11.4. The summed E-state index contributed by atoms with van der Waals surface area (Å²) in [7, 11) is -3.51. The molecule has 0 saturated carbocycles. The van der Waals surface area contributed by atoms with Gasteiger partial charge >= 0.3 is 0 Å². The molecule has 90 valence electrons. The van der Waals surface area contributed by atoms with E-state index in [1.54, 1.807) is 36.6 Å². The van der Waals surface area contributed by atoms with Crippen LogP contribution in [0.25, 0.3) is 0 Å². The van der Waals surface area contributed by atoms with E-state index >= 15 is 0 Å². The summed E-state index contributed by atoms with van der Waals surface area (Å²) in [6, 6.07) is 6.62. The Morgan fingerprint density at radius 1 is 1.35 bits per heavy atom. The van der Waals surface area contributed by atoms with Crippen molar-refractivity contribution in [2.75, 3.05) is 4.72 Å². The quantitative estimate of drug-likeness (QED) is 0.939. The van der Waals surface area contributed by atoms with Gasteiger partial charge in [-0.05, 0) is 46.4 Å². The maximum absolute atomic E-state index is 11.9. The highest BCUT2D eigenvalue weighted by atomic mass is 79.9. The van der Waals surface area contributed by atoms with Gasteiger partial charge in [0.1, 0.15) is 10.0 Å². The summed E-state index contributed by atoms with van der Waals surface area (Å²) < 4.78 is 27.4. The lowest BCUT2D eigenvalue weighted by Gasteiger charge is -2.06. The first-order valence-corrected chi connectivity index (χ1v) is 7.84. The number of anilines is 1. The summed E-state index contributed by atoms with van der Waals surface area (Å²) in [4.78, 5) is 4.14. The molecule has 0 bridgehead atoms. The van der Waals surface area contributed by atoms with E-state index in [2.05, 4.69) is 25.6 Å². The summed E-state index contributed by atoms with van der Waals surface area (Å²) in [5.41, 5.74) is 0.733. The number of halogens is 1. The van der Waals surface area contributed by atoms with E-state index in [4.69, 9.17) is 0 Å². The lowest BCUT2D eigenvalue weighted by atomic mass is 10.4. The second-order valence-electron chi connectivity index (χ2n) is 3.30. The van der Waals surface area contributed by atoms with Gasteiger partial charge in [-0.3, -0.25) is 4.72 Å². The van der Waals surface area contributed by atoms with E-state index < -0.39 is 10.0 Å². The minimum absolute atomic E-state index is 0.278. The summed E-state index contributed by atoms with van der Waals surface area (Å²) in [6.45, 7) is 1.80. The SMILES string of the molecule is Cc1nc(NS(=O)(=O)c2cccs2)ccc1Br. The Kier molecular flexibility index (Phi) is 3.50. The monoisotopic (exact) mass is 332 g/mol. The molecule has 0 aromatic carbocycles. The fourth-order valence-electron chi connectivity index (χ4n) is 1.21. The van der Waals surface area contributed by atoms with Crippen molar-refractivity contribution < 1.29 is 8.42 Å². The summed E-state index contributed by atoms with van der Waals surface area (Å²) in [5.74, 6) is 0.319. The lowest BCUT2D eigenvalue weighted by molar-refractivity contribution is 0.603. The van der Waals surface area contributed by atoms with E-state index in [0.29, 0.717) is 5.82 Å². The van der Waals surface area contributed by atoms with E-state index in [0.717, 1.165) is 10.2 Å². The van der Waals surface area contributed by atoms with Gasteiger partial charge in [0.05, 0.1) is 5.69 Å². The fraction of sp³-hybridized carbons (Fsp3) is 0.100. The van der Waals surface area contributed by atoms with Crippen molar-refractivity contribution >= 4 is 43.1 Å². The minimum atomic E-state index is -3.51. The molecule has 2 aromatic heterocycles. The molecule has 0 spiro atoms. The Balaban J connectivity index is 2.30. The van der Waals surface area contributed by atoms with Crippen LogP contribution in [0.3, 0.4) is 0 Å². The third-order valence-corrected chi connectivity index (χ3v) is 5.61. The Hall–Kier alpha value is -0.920. The third-order valence-electron chi connectivity index (χ3n) is 2.02. The third kappa shape index (κ3) is 2.85. The molecule has 0 radical (unpaired) electrons. The van der Waals surface area contributed by atoms with Crippen molar-refractivity contribution in [2.45, 2.75) is 11.1 Å². The molecule has 0 fully saturated rings. The molecule has 4 nitrogen and oxygen atoms in total. The van der Waals surface area contributed by atoms with E-state index in [1.807, 2.05) is 0 Å². The molecule has 0 amide bonds. The average molecular weight is 333 g/mol. The number of pyridine rings is 1. The second kappa shape index (κ2) is 4.75. The van der Waals surface area contributed by atoms with Gasteiger partial charge in [-0.2, -0.15) is 0 Å². The van der Waals surface area contributed by atoms with Crippen molar-refractivity contribution in [1.29, 1.82) is 0 Å². The van der Waals surface area contributed by atoms with Crippen LogP contribution < -0.4 is 4.72 Å². The molecule has 17 heavy (non-hydrogen) atoms. The number of nitrogens with one attached hydrogen (secondary N) is 1. The number of thiophene rings is 1. The van der Waals surface area contributed by atoms with E-state index in [-0.39, 0.29) is 4.21 Å². The Morgan fingerprint density at radius 2 is 2.12 bits per heavy atom. The fourth-order valence-corrected chi connectivity index (χ4v) is 3.42.